The summed E-state index contributed by atoms with van der Waals surface area (Å²) in [5.74, 6) is -0.526. The van der Waals surface area contributed by atoms with Crippen LogP contribution in [-0.4, -0.2) is 9.97 Å². The lowest BCUT2D eigenvalue weighted by atomic mass is 10.1. The number of halogens is 3. The van der Waals surface area contributed by atoms with Gasteiger partial charge in [0.2, 0.25) is 0 Å². The Morgan fingerprint density at radius 2 is 2.13 bits per heavy atom. The van der Waals surface area contributed by atoms with Gasteiger partial charge in [-0.05, 0) is 6.07 Å². The van der Waals surface area contributed by atoms with Gasteiger partial charge in [0, 0.05) is 34.9 Å². The van der Waals surface area contributed by atoms with Gasteiger partial charge >= 0.3 is 0 Å². The molecule has 0 aliphatic rings. The predicted molar refractivity (Wildman–Crippen MR) is 55.5 cm³/mol. The lowest BCUT2D eigenvalue weighted by Gasteiger charge is -2.04. The van der Waals surface area contributed by atoms with Crippen LogP contribution in [0.4, 0.5) is 8.78 Å². The van der Waals surface area contributed by atoms with Crippen molar-refractivity contribution in [2.45, 2.75) is 6.42 Å². The van der Waals surface area contributed by atoms with E-state index in [2.05, 4.69) is 25.9 Å². The first kappa shape index (κ1) is 10.3. The summed E-state index contributed by atoms with van der Waals surface area (Å²) < 4.78 is 26.6. The van der Waals surface area contributed by atoms with Gasteiger partial charge in [-0.2, -0.15) is 0 Å². The largest absolute Gasteiger partial charge is 0.348 e. The van der Waals surface area contributed by atoms with Gasteiger partial charge in [-0.15, -0.1) is 0 Å². The second kappa shape index (κ2) is 4.10. The summed E-state index contributed by atoms with van der Waals surface area (Å²) in [6.45, 7) is 0. The molecule has 0 amide bonds. The fourth-order valence-electron chi connectivity index (χ4n) is 1.30. The Balaban J connectivity index is 2.36. The van der Waals surface area contributed by atoms with E-state index in [0.717, 1.165) is 6.07 Å². The van der Waals surface area contributed by atoms with E-state index in [-0.39, 0.29) is 0 Å². The summed E-state index contributed by atoms with van der Waals surface area (Å²) in [5, 5.41) is 0. The predicted octanol–water partition coefficient (Wildman–Crippen LogP) is 3.04. The van der Waals surface area contributed by atoms with Gasteiger partial charge in [0.1, 0.15) is 17.5 Å². The van der Waals surface area contributed by atoms with Crippen LogP contribution in [0.25, 0.3) is 0 Å². The third-order valence-corrected chi connectivity index (χ3v) is 2.71. The molecule has 0 atom stereocenters. The standard InChI is InChI=1S/C10H7BrF2N2/c11-8-3-6(12)4-9(13)7(8)5-10-14-1-2-15-10/h1-4H,5H2,(H,14,15). The highest BCUT2D eigenvalue weighted by atomic mass is 79.9. The Morgan fingerprint density at radius 3 is 2.73 bits per heavy atom. The summed E-state index contributed by atoms with van der Waals surface area (Å²) in [7, 11) is 0. The molecule has 5 heteroatoms. The summed E-state index contributed by atoms with van der Waals surface area (Å²) in [6, 6.07) is 2.10. The van der Waals surface area contributed by atoms with E-state index in [1.807, 2.05) is 0 Å². The SMILES string of the molecule is Fc1cc(F)c(Cc2ncc[nH]2)c(Br)c1. The molecule has 0 bridgehead atoms. The minimum absolute atomic E-state index is 0.305. The van der Waals surface area contributed by atoms with Gasteiger partial charge in [0.15, 0.2) is 0 Å². The van der Waals surface area contributed by atoms with Gasteiger partial charge in [0.25, 0.3) is 0 Å². The number of H-pyrrole nitrogens is 1. The van der Waals surface area contributed by atoms with Crippen molar-refractivity contribution >= 4 is 15.9 Å². The van der Waals surface area contributed by atoms with Crippen LogP contribution >= 0.6 is 15.9 Å². The van der Waals surface area contributed by atoms with Crippen molar-refractivity contribution in [1.29, 1.82) is 0 Å². The van der Waals surface area contributed by atoms with E-state index in [9.17, 15) is 8.78 Å². The Morgan fingerprint density at radius 1 is 1.33 bits per heavy atom. The fraction of sp³-hybridized carbons (Fsp3) is 0.100. The molecular weight excluding hydrogens is 266 g/mol. The quantitative estimate of drug-likeness (QED) is 0.895. The van der Waals surface area contributed by atoms with Crippen molar-refractivity contribution < 1.29 is 8.78 Å². The maximum absolute atomic E-state index is 13.4. The van der Waals surface area contributed by atoms with E-state index in [0.29, 0.717) is 22.3 Å². The van der Waals surface area contributed by atoms with Crippen molar-refractivity contribution in [3.63, 3.8) is 0 Å². The Kier molecular flexibility index (Phi) is 2.81. The molecule has 1 N–H and O–H groups in total. The first-order valence-electron chi connectivity index (χ1n) is 4.28. The van der Waals surface area contributed by atoms with Crippen LogP contribution in [0.1, 0.15) is 11.4 Å². The van der Waals surface area contributed by atoms with Crippen molar-refractivity contribution in [2.24, 2.45) is 0 Å². The second-order valence-electron chi connectivity index (χ2n) is 3.06. The van der Waals surface area contributed by atoms with Crippen LogP contribution in [0.15, 0.2) is 29.0 Å². The minimum Gasteiger partial charge on any atom is -0.348 e. The monoisotopic (exact) mass is 272 g/mol. The topological polar surface area (TPSA) is 28.7 Å². The molecule has 1 aromatic carbocycles. The number of rotatable bonds is 2. The number of nitrogens with zero attached hydrogens (tertiary/aromatic N) is 1. The maximum Gasteiger partial charge on any atom is 0.130 e. The second-order valence-corrected chi connectivity index (χ2v) is 3.91. The third-order valence-electron chi connectivity index (χ3n) is 2.00. The zero-order valence-electron chi connectivity index (χ0n) is 7.60. The molecule has 0 radical (unpaired) electrons. The van der Waals surface area contributed by atoms with Crippen molar-refractivity contribution in [2.75, 3.05) is 0 Å². The number of imidazole rings is 1. The highest BCUT2D eigenvalue weighted by Crippen LogP contribution is 2.23. The van der Waals surface area contributed by atoms with Crippen LogP contribution in [-0.2, 0) is 6.42 Å². The van der Waals surface area contributed by atoms with Crippen molar-refractivity contribution in [3.8, 4) is 0 Å². The molecule has 0 saturated carbocycles. The summed E-state index contributed by atoms with van der Waals surface area (Å²) in [6.07, 6.45) is 3.55. The molecule has 2 aromatic rings. The normalized spacial score (nSPS) is 10.6. The molecule has 78 valence electrons. The summed E-state index contributed by atoms with van der Waals surface area (Å²) in [4.78, 5) is 6.84. The molecular formula is C10H7BrF2N2. The van der Waals surface area contributed by atoms with E-state index in [1.165, 1.54) is 6.07 Å². The van der Waals surface area contributed by atoms with Gasteiger partial charge < -0.3 is 4.98 Å². The highest BCUT2D eigenvalue weighted by molar-refractivity contribution is 9.10. The fourth-order valence-corrected chi connectivity index (χ4v) is 1.85. The van der Waals surface area contributed by atoms with Gasteiger partial charge in [-0.25, -0.2) is 13.8 Å². The Labute approximate surface area is 93.5 Å². The van der Waals surface area contributed by atoms with E-state index in [4.69, 9.17) is 0 Å². The lowest BCUT2D eigenvalue weighted by molar-refractivity contribution is 0.572. The molecule has 1 aromatic heterocycles. The van der Waals surface area contributed by atoms with Gasteiger partial charge in [-0.1, -0.05) is 15.9 Å². The van der Waals surface area contributed by atoms with Crippen molar-refractivity contribution in [3.05, 3.63) is 52.0 Å². The number of benzene rings is 1. The molecule has 1 heterocycles. The first-order chi connectivity index (χ1) is 7.16. The molecule has 0 unspecified atom stereocenters. The average molecular weight is 273 g/mol. The molecule has 15 heavy (non-hydrogen) atoms. The van der Waals surface area contributed by atoms with Gasteiger partial charge in [-0.3, -0.25) is 0 Å². The molecule has 0 aliphatic carbocycles. The maximum atomic E-state index is 13.4. The molecule has 0 saturated heterocycles. The Hall–Kier alpha value is -1.23. The van der Waals surface area contributed by atoms with E-state index >= 15 is 0 Å². The Bertz CT molecular complexity index is 445. The van der Waals surface area contributed by atoms with Crippen LogP contribution in [0.3, 0.4) is 0 Å². The average Bonchev–Trinajstić information content (AvgIpc) is 2.63. The number of aromatic nitrogens is 2. The van der Waals surface area contributed by atoms with Gasteiger partial charge in [0.05, 0.1) is 0 Å². The van der Waals surface area contributed by atoms with Crippen molar-refractivity contribution in [1.82, 2.24) is 9.97 Å². The van der Waals surface area contributed by atoms with Crippen LogP contribution in [0.2, 0.25) is 0 Å². The van der Waals surface area contributed by atoms with Crippen LogP contribution in [0, 0.1) is 11.6 Å². The number of hydrogen-bond donors (Lipinski definition) is 1. The molecule has 0 spiro atoms. The van der Waals surface area contributed by atoms with Crippen LogP contribution in [0.5, 0.6) is 0 Å². The molecule has 0 aliphatic heterocycles. The zero-order chi connectivity index (χ0) is 10.8. The lowest BCUT2D eigenvalue weighted by Crippen LogP contribution is -1.97. The molecule has 2 rings (SSSR count). The number of hydrogen-bond acceptors (Lipinski definition) is 1. The zero-order valence-corrected chi connectivity index (χ0v) is 9.18. The third kappa shape index (κ3) is 2.23. The molecule has 2 nitrogen and oxygen atoms in total. The highest BCUT2D eigenvalue weighted by Gasteiger charge is 2.11. The number of nitrogens with one attached hydrogen (secondary N) is 1. The van der Waals surface area contributed by atoms with E-state index < -0.39 is 11.6 Å². The summed E-state index contributed by atoms with van der Waals surface area (Å²) in [5.41, 5.74) is 0.395. The molecule has 0 fully saturated rings. The summed E-state index contributed by atoms with van der Waals surface area (Å²) >= 11 is 3.12. The van der Waals surface area contributed by atoms with Crippen LogP contribution < -0.4 is 0 Å². The minimum atomic E-state index is -0.595. The first-order valence-corrected chi connectivity index (χ1v) is 5.08. The number of aromatic amines is 1. The van der Waals surface area contributed by atoms with E-state index in [1.54, 1.807) is 12.4 Å². The smallest absolute Gasteiger partial charge is 0.130 e.